The second-order valence-electron chi connectivity index (χ2n) is 5.26. The molecule has 4 nitrogen and oxygen atoms in total. The maximum atomic E-state index is 12.5. The zero-order chi connectivity index (χ0) is 17.2. The number of fused-ring (bicyclic) bond motifs is 1. The number of hydrogen-bond donors (Lipinski definition) is 1. The number of sulfonamides is 1. The molecular formula is C18H16INO3S. The minimum absolute atomic E-state index is 0.230. The summed E-state index contributed by atoms with van der Waals surface area (Å²) in [7, 11) is -2.03. The van der Waals surface area contributed by atoms with Crippen molar-refractivity contribution in [3.05, 3.63) is 69.8 Å². The summed E-state index contributed by atoms with van der Waals surface area (Å²) < 4.78 is 33.7. The third-order valence-corrected chi connectivity index (χ3v) is 6.01. The van der Waals surface area contributed by atoms with Gasteiger partial charge in [-0.2, -0.15) is 0 Å². The van der Waals surface area contributed by atoms with Crippen molar-refractivity contribution >= 4 is 43.4 Å². The summed E-state index contributed by atoms with van der Waals surface area (Å²) in [5.74, 6) is 0.656. The van der Waals surface area contributed by atoms with Crippen molar-refractivity contribution in [1.29, 1.82) is 0 Å². The Morgan fingerprint density at radius 3 is 2.54 bits per heavy atom. The zero-order valence-electron chi connectivity index (χ0n) is 13.0. The minimum Gasteiger partial charge on any atom is -0.496 e. The van der Waals surface area contributed by atoms with E-state index in [1.165, 1.54) is 0 Å². The summed E-state index contributed by atoms with van der Waals surface area (Å²) in [6.07, 6.45) is 0. The van der Waals surface area contributed by atoms with E-state index in [-0.39, 0.29) is 11.4 Å². The molecule has 0 aliphatic carbocycles. The van der Waals surface area contributed by atoms with Crippen molar-refractivity contribution in [3.63, 3.8) is 0 Å². The Kier molecular flexibility index (Phi) is 5.07. The van der Waals surface area contributed by atoms with E-state index in [0.29, 0.717) is 5.75 Å². The number of ether oxygens (including phenoxy) is 1. The fourth-order valence-corrected chi connectivity index (χ4v) is 4.50. The molecule has 24 heavy (non-hydrogen) atoms. The van der Waals surface area contributed by atoms with Gasteiger partial charge in [-0.05, 0) is 57.1 Å². The number of methoxy groups -OCH3 is 1. The van der Waals surface area contributed by atoms with Gasteiger partial charge in [0.25, 0.3) is 0 Å². The van der Waals surface area contributed by atoms with Gasteiger partial charge in [0.1, 0.15) is 5.75 Å². The lowest BCUT2D eigenvalue weighted by Crippen LogP contribution is -2.23. The van der Waals surface area contributed by atoms with Crippen LogP contribution in [0, 0.1) is 3.57 Å². The van der Waals surface area contributed by atoms with Gasteiger partial charge < -0.3 is 4.74 Å². The van der Waals surface area contributed by atoms with Crippen LogP contribution < -0.4 is 9.46 Å². The molecule has 0 aliphatic heterocycles. The smallest absolute Gasteiger partial charge is 0.240 e. The first-order chi connectivity index (χ1) is 11.5. The average molecular weight is 453 g/mol. The summed E-state index contributed by atoms with van der Waals surface area (Å²) >= 11 is 2.06. The van der Waals surface area contributed by atoms with Gasteiger partial charge in [-0.1, -0.05) is 42.5 Å². The second kappa shape index (κ2) is 7.08. The van der Waals surface area contributed by atoms with Crippen LogP contribution in [0.25, 0.3) is 10.8 Å². The van der Waals surface area contributed by atoms with Crippen LogP contribution in [0.3, 0.4) is 0 Å². The van der Waals surface area contributed by atoms with Gasteiger partial charge in [-0.25, -0.2) is 13.1 Å². The van der Waals surface area contributed by atoms with E-state index in [1.54, 1.807) is 25.3 Å². The van der Waals surface area contributed by atoms with Crippen molar-refractivity contribution < 1.29 is 13.2 Å². The largest absolute Gasteiger partial charge is 0.496 e. The van der Waals surface area contributed by atoms with Crippen molar-refractivity contribution in [2.75, 3.05) is 7.11 Å². The highest BCUT2D eigenvalue weighted by atomic mass is 127. The molecular weight excluding hydrogens is 437 g/mol. The lowest BCUT2D eigenvalue weighted by atomic mass is 10.1. The van der Waals surface area contributed by atoms with E-state index in [4.69, 9.17) is 4.74 Å². The van der Waals surface area contributed by atoms with Gasteiger partial charge in [0.15, 0.2) is 0 Å². The summed E-state index contributed by atoms with van der Waals surface area (Å²) in [6, 6.07) is 18.6. The minimum atomic E-state index is -3.58. The normalized spacial score (nSPS) is 11.6. The van der Waals surface area contributed by atoms with Gasteiger partial charge in [-0.15, -0.1) is 0 Å². The lowest BCUT2D eigenvalue weighted by Gasteiger charge is -2.10. The first-order valence-electron chi connectivity index (χ1n) is 7.31. The van der Waals surface area contributed by atoms with Gasteiger partial charge in [0.05, 0.1) is 15.6 Å². The Bertz CT molecular complexity index is 981. The molecule has 0 spiro atoms. The zero-order valence-corrected chi connectivity index (χ0v) is 16.0. The number of nitrogens with one attached hydrogen (secondary N) is 1. The standard InChI is InChI=1S/C18H16INO3S/c1-23-18-10-9-15(11-17(18)19)24(21,22)20-12-14-7-4-6-13-5-2-3-8-16(13)14/h2-11,20H,12H2,1H3. The van der Waals surface area contributed by atoms with E-state index in [2.05, 4.69) is 27.3 Å². The number of hydrogen-bond acceptors (Lipinski definition) is 3. The molecule has 0 atom stereocenters. The molecule has 0 aliphatic rings. The topological polar surface area (TPSA) is 55.4 Å². The molecule has 0 bridgehead atoms. The van der Waals surface area contributed by atoms with E-state index < -0.39 is 10.0 Å². The molecule has 0 aromatic heterocycles. The predicted molar refractivity (Wildman–Crippen MR) is 104 cm³/mol. The van der Waals surface area contributed by atoms with Crippen molar-refractivity contribution in [2.45, 2.75) is 11.4 Å². The number of benzene rings is 3. The van der Waals surface area contributed by atoms with Crippen LogP contribution in [0.1, 0.15) is 5.56 Å². The maximum absolute atomic E-state index is 12.5. The molecule has 1 N–H and O–H groups in total. The van der Waals surface area contributed by atoms with Gasteiger partial charge in [-0.3, -0.25) is 0 Å². The molecule has 0 saturated heterocycles. The second-order valence-corrected chi connectivity index (χ2v) is 8.19. The third kappa shape index (κ3) is 3.55. The number of rotatable bonds is 5. The van der Waals surface area contributed by atoms with Crippen LogP contribution in [-0.4, -0.2) is 15.5 Å². The fraction of sp³-hybridized carbons (Fsp3) is 0.111. The molecule has 0 heterocycles. The lowest BCUT2D eigenvalue weighted by molar-refractivity contribution is 0.411. The molecule has 3 aromatic carbocycles. The van der Waals surface area contributed by atoms with Gasteiger partial charge in [0.2, 0.25) is 10.0 Å². The highest BCUT2D eigenvalue weighted by molar-refractivity contribution is 14.1. The summed E-state index contributed by atoms with van der Waals surface area (Å²) in [6.45, 7) is 0.242. The van der Waals surface area contributed by atoms with Gasteiger partial charge in [0, 0.05) is 6.54 Å². The molecule has 124 valence electrons. The molecule has 0 amide bonds. The Balaban J connectivity index is 1.86. The molecule has 0 fully saturated rings. The summed E-state index contributed by atoms with van der Waals surface area (Å²) in [5.41, 5.74) is 0.944. The van der Waals surface area contributed by atoms with Crippen LogP contribution in [0.4, 0.5) is 0 Å². The van der Waals surface area contributed by atoms with Crippen molar-refractivity contribution in [1.82, 2.24) is 4.72 Å². The van der Waals surface area contributed by atoms with Crippen LogP contribution in [0.15, 0.2) is 65.6 Å². The molecule has 3 aromatic rings. The molecule has 0 unspecified atom stereocenters. The van der Waals surface area contributed by atoms with Crippen LogP contribution in [-0.2, 0) is 16.6 Å². The van der Waals surface area contributed by atoms with Crippen molar-refractivity contribution in [2.24, 2.45) is 0 Å². The van der Waals surface area contributed by atoms with E-state index in [9.17, 15) is 8.42 Å². The third-order valence-electron chi connectivity index (χ3n) is 3.77. The van der Waals surface area contributed by atoms with Crippen LogP contribution in [0.2, 0.25) is 0 Å². The SMILES string of the molecule is COc1ccc(S(=O)(=O)NCc2cccc3ccccc23)cc1I. The molecule has 6 heteroatoms. The Hall–Kier alpha value is -1.64. The Morgan fingerprint density at radius 1 is 1.04 bits per heavy atom. The van der Waals surface area contributed by atoms with E-state index >= 15 is 0 Å². The van der Waals surface area contributed by atoms with Crippen LogP contribution >= 0.6 is 22.6 Å². The predicted octanol–water partition coefficient (Wildman–Crippen LogP) is 3.93. The molecule has 0 saturated carbocycles. The highest BCUT2D eigenvalue weighted by Gasteiger charge is 2.16. The average Bonchev–Trinajstić information content (AvgIpc) is 2.60. The summed E-state index contributed by atoms with van der Waals surface area (Å²) in [4.78, 5) is 0.230. The maximum Gasteiger partial charge on any atom is 0.240 e. The first kappa shape index (κ1) is 17.2. The molecule has 3 rings (SSSR count). The quantitative estimate of drug-likeness (QED) is 0.596. The summed E-state index contributed by atoms with van der Waals surface area (Å²) in [5, 5.41) is 2.14. The van der Waals surface area contributed by atoms with E-state index in [0.717, 1.165) is 19.9 Å². The van der Waals surface area contributed by atoms with Crippen molar-refractivity contribution in [3.8, 4) is 5.75 Å². The van der Waals surface area contributed by atoms with Crippen LogP contribution in [0.5, 0.6) is 5.75 Å². The molecule has 0 radical (unpaired) electrons. The van der Waals surface area contributed by atoms with E-state index in [1.807, 2.05) is 42.5 Å². The number of halogens is 1. The highest BCUT2D eigenvalue weighted by Crippen LogP contribution is 2.24. The monoisotopic (exact) mass is 453 g/mol. The Labute approximate surface area is 155 Å². The first-order valence-corrected chi connectivity index (χ1v) is 9.87. The van der Waals surface area contributed by atoms with Gasteiger partial charge >= 0.3 is 0 Å². The fourth-order valence-electron chi connectivity index (χ4n) is 2.52. The Morgan fingerprint density at radius 2 is 1.79 bits per heavy atom.